The molecule has 6 nitrogen and oxygen atoms in total. The highest BCUT2D eigenvalue weighted by Gasteiger charge is 2.31. The number of methoxy groups -OCH3 is 1. The van der Waals surface area contributed by atoms with Crippen molar-refractivity contribution in [3.63, 3.8) is 0 Å². The van der Waals surface area contributed by atoms with Crippen LogP contribution in [-0.2, 0) is 16.1 Å². The lowest BCUT2D eigenvalue weighted by Gasteiger charge is -2.12. The van der Waals surface area contributed by atoms with Crippen molar-refractivity contribution in [2.75, 3.05) is 12.4 Å². The molecule has 7 heteroatoms. The molecule has 1 saturated carbocycles. The van der Waals surface area contributed by atoms with Crippen molar-refractivity contribution in [2.45, 2.75) is 40.2 Å². The summed E-state index contributed by atoms with van der Waals surface area (Å²) in [6, 6.07) is 5.02. The molecule has 0 atom stereocenters. The second-order valence-corrected chi connectivity index (χ2v) is 8.13. The van der Waals surface area contributed by atoms with Crippen LogP contribution < -0.4 is 10.1 Å². The van der Waals surface area contributed by atoms with E-state index in [-0.39, 0.29) is 24.2 Å². The maximum Gasteiger partial charge on any atom is 0.341 e. The third-order valence-corrected chi connectivity index (χ3v) is 5.94. The fraction of sp³-hybridized carbons (Fsp3) is 0.381. The molecule has 0 saturated heterocycles. The number of benzene rings is 1. The van der Waals surface area contributed by atoms with Crippen molar-refractivity contribution in [1.29, 1.82) is 0 Å². The Morgan fingerprint density at radius 2 is 1.93 bits per heavy atom. The molecule has 1 aliphatic carbocycles. The lowest BCUT2D eigenvalue weighted by Crippen LogP contribution is -2.16. The van der Waals surface area contributed by atoms with E-state index >= 15 is 0 Å². The summed E-state index contributed by atoms with van der Waals surface area (Å²) in [5.74, 6) is -0.0533. The van der Waals surface area contributed by atoms with E-state index < -0.39 is 5.97 Å². The Kier molecular flexibility index (Phi) is 5.84. The molecule has 1 fully saturated rings. The number of carbonyl (C=O) groups excluding carboxylic acids is 3. The largest absolute Gasteiger partial charge is 0.496 e. The monoisotopic (exact) mass is 401 g/mol. The number of aryl methyl sites for hydroxylation is 1. The minimum Gasteiger partial charge on any atom is -0.496 e. The van der Waals surface area contributed by atoms with Crippen LogP contribution in [0.15, 0.2) is 18.2 Å². The normalized spacial score (nSPS) is 13.1. The molecule has 1 aromatic heterocycles. The van der Waals surface area contributed by atoms with Gasteiger partial charge in [-0.2, -0.15) is 0 Å². The molecule has 0 bridgehead atoms. The van der Waals surface area contributed by atoms with Crippen LogP contribution in [0.5, 0.6) is 5.75 Å². The molecule has 1 heterocycles. The van der Waals surface area contributed by atoms with E-state index in [1.807, 2.05) is 13.8 Å². The van der Waals surface area contributed by atoms with Crippen LogP contribution in [0.2, 0.25) is 0 Å². The Morgan fingerprint density at radius 3 is 2.54 bits per heavy atom. The molecule has 1 amide bonds. The number of hydrogen-bond acceptors (Lipinski definition) is 6. The van der Waals surface area contributed by atoms with Crippen LogP contribution >= 0.6 is 11.3 Å². The predicted molar refractivity (Wildman–Crippen MR) is 107 cm³/mol. The summed E-state index contributed by atoms with van der Waals surface area (Å²) in [5, 5.41) is 3.40. The Bertz CT molecular complexity index is 943. The van der Waals surface area contributed by atoms with E-state index in [1.165, 1.54) is 25.4 Å². The molecule has 0 unspecified atom stereocenters. The zero-order chi connectivity index (χ0) is 20.4. The lowest BCUT2D eigenvalue weighted by molar-refractivity contribution is -0.117. The smallest absolute Gasteiger partial charge is 0.341 e. The van der Waals surface area contributed by atoms with Crippen molar-refractivity contribution in [3.8, 4) is 5.75 Å². The zero-order valence-electron chi connectivity index (χ0n) is 16.4. The molecule has 0 radical (unpaired) electrons. The van der Waals surface area contributed by atoms with Crippen molar-refractivity contribution >= 4 is 34.0 Å². The number of rotatable bonds is 7. The van der Waals surface area contributed by atoms with Gasteiger partial charge in [0.2, 0.25) is 5.91 Å². The van der Waals surface area contributed by atoms with Gasteiger partial charge in [0, 0.05) is 21.9 Å². The standard InChI is InChI=1S/C21H23NO5S/c1-11-13(3)28-20(22-19(24)14-5-6-14)18(11)21(25)27-10-16-9-15(12(2)23)7-8-17(16)26-4/h7-9,14H,5-6,10H2,1-4H3,(H,22,24). The molecule has 0 spiro atoms. The van der Waals surface area contributed by atoms with Crippen LogP contribution in [0.4, 0.5) is 5.00 Å². The van der Waals surface area contributed by atoms with Crippen molar-refractivity contribution < 1.29 is 23.9 Å². The first kappa shape index (κ1) is 20.1. The van der Waals surface area contributed by atoms with Crippen LogP contribution in [0.25, 0.3) is 0 Å². The highest BCUT2D eigenvalue weighted by molar-refractivity contribution is 7.16. The van der Waals surface area contributed by atoms with Crippen LogP contribution in [0, 0.1) is 19.8 Å². The Morgan fingerprint density at radius 1 is 1.21 bits per heavy atom. The van der Waals surface area contributed by atoms with Gasteiger partial charge >= 0.3 is 5.97 Å². The molecule has 148 valence electrons. The number of nitrogens with one attached hydrogen (secondary N) is 1. The lowest BCUT2D eigenvalue weighted by atomic mass is 10.1. The highest BCUT2D eigenvalue weighted by atomic mass is 32.1. The number of Topliss-reactive ketones (excluding diaryl/α,β-unsaturated/α-hetero) is 1. The van der Waals surface area contributed by atoms with Crippen molar-refractivity contribution in [1.82, 2.24) is 0 Å². The van der Waals surface area contributed by atoms with E-state index in [0.29, 0.717) is 27.4 Å². The quantitative estimate of drug-likeness (QED) is 0.553. The van der Waals surface area contributed by atoms with Crippen LogP contribution in [0.1, 0.15) is 56.5 Å². The third kappa shape index (κ3) is 4.25. The van der Waals surface area contributed by atoms with Gasteiger partial charge in [-0.1, -0.05) is 0 Å². The van der Waals surface area contributed by atoms with Gasteiger partial charge in [-0.3, -0.25) is 9.59 Å². The first-order valence-electron chi connectivity index (χ1n) is 9.07. The van der Waals surface area contributed by atoms with Gasteiger partial charge in [-0.25, -0.2) is 4.79 Å². The van der Waals surface area contributed by atoms with E-state index in [2.05, 4.69) is 5.32 Å². The zero-order valence-corrected chi connectivity index (χ0v) is 17.2. The van der Waals surface area contributed by atoms with Gasteiger partial charge in [-0.05, 0) is 57.4 Å². The average Bonchev–Trinajstić information content (AvgIpc) is 3.47. The summed E-state index contributed by atoms with van der Waals surface area (Å²) < 4.78 is 10.8. The third-order valence-electron chi connectivity index (χ3n) is 4.82. The molecule has 0 aliphatic heterocycles. The summed E-state index contributed by atoms with van der Waals surface area (Å²) in [4.78, 5) is 37.5. The molecule has 2 aromatic rings. The topological polar surface area (TPSA) is 81.7 Å². The van der Waals surface area contributed by atoms with E-state index in [1.54, 1.807) is 18.2 Å². The Labute approximate surface area is 167 Å². The summed E-state index contributed by atoms with van der Waals surface area (Å²) in [6.45, 7) is 5.19. The number of anilines is 1. The van der Waals surface area contributed by atoms with Crippen LogP contribution in [0.3, 0.4) is 0 Å². The SMILES string of the molecule is COc1ccc(C(C)=O)cc1COC(=O)c1c(NC(=O)C2CC2)sc(C)c1C. The number of thiophene rings is 1. The molecule has 28 heavy (non-hydrogen) atoms. The number of hydrogen-bond donors (Lipinski definition) is 1. The number of amides is 1. The average molecular weight is 401 g/mol. The van der Waals surface area contributed by atoms with Gasteiger partial charge in [0.05, 0.1) is 12.7 Å². The van der Waals surface area contributed by atoms with Crippen molar-refractivity contribution in [2.24, 2.45) is 5.92 Å². The van der Waals surface area contributed by atoms with Gasteiger partial charge in [0.15, 0.2) is 5.78 Å². The summed E-state index contributed by atoms with van der Waals surface area (Å²) in [6.07, 6.45) is 1.78. The summed E-state index contributed by atoms with van der Waals surface area (Å²) in [7, 11) is 1.52. The van der Waals surface area contributed by atoms with Crippen molar-refractivity contribution in [3.05, 3.63) is 45.3 Å². The molecule has 1 aromatic carbocycles. The summed E-state index contributed by atoms with van der Waals surface area (Å²) >= 11 is 1.38. The minimum atomic E-state index is -0.511. The van der Waals surface area contributed by atoms with E-state index in [9.17, 15) is 14.4 Å². The first-order chi connectivity index (χ1) is 13.3. The minimum absolute atomic E-state index is 0.0343. The maximum absolute atomic E-state index is 12.8. The molecular formula is C21H23NO5S. The van der Waals surface area contributed by atoms with E-state index in [0.717, 1.165) is 23.3 Å². The number of ketones is 1. The van der Waals surface area contributed by atoms with Crippen LogP contribution in [-0.4, -0.2) is 24.8 Å². The van der Waals surface area contributed by atoms with Gasteiger partial charge < -0.3 is 14.8 Å². The number of carbonyl (C=O) groups is 3. The molecule has 1 N–H and O–H groups in total. The number of esters is 1. The second kappa shape index (κ2) is 8.14. The predicted octanol–water partition coefficient (Wildman–Crippen LogP) is 4.28. The highest BCUT2D eigenvalue weighted by Crippen LogP contribution is 2.36. The fourth-order valence-electron chi connectivity index (χ4n) is 2.85. The second-order valence-electron chi connectivity index (χ2n) is 6.91. The maximum atomic E-state index is 12.8. The van der Waals surface area contributed by atoms with Gasteiger partial charge in [0.25, 0.3) is 0 Å². The Hall–Kier alpha value is -2.67. The van der Waals surface area contributed by atoms with Gasteiger partial charge in [0.1, 0.15) is 17.4 Å². The molecular weight excluding hydrogens is 378 g/mol. The first-order valence-corrected chi connectivity index (χ1v) is 9.89. The molecule has 3 rings (SSSR count). The van der Waals surface area contributed by atoms with Gasteiger partial charge in [-0.15, -0.1) is 11.3 Å². The number of ether oxygens (including phenoxy) is 2. The van der Waals surface area contributed by atoms with E-state index in [4.69, 9.17) is 9.47 Å². The fourth-order valence-corrected chi connectivity index (χ4v) is 3.90. The Balaban J connectivity index is 1.79. The summed E-state index contributed by atoms with van der Waals surface area (Å²) in [5.41, 5.74) is 2.31. The molecule has 1 aliphatic rings.